The van der Waals surface area contributed by atoms with Crippen LogP contribution in [0, 0.1) is 5.92 Å². The quantitative estimate of drug-likeness (QED) is 0.0912. The molecule has 2 aromatic heterocycles. The highest BCUT2D eigenvalue weighted by Crippen LogP contribution is 2.34. The Morgan fingerprint density at radius 2 is 1.76 bits per heavy atom. The van der Waals surface area contributed by atoms with Gasteiger partial charge in [-0.25, -0.2) is 9.48 Å². The van der Waals surface area contributed by atoms with E-state index in [-0.39, 0.29) is 38.3 Å². The second-order valence-corrected chi connectivity index (χ2v) is 14.7. The Labute approximate surface area is 312 Å². The number of nitrogens with one attached hydrogen (secondary N) is 3. The van der Waals surface area contributed by atoms with Gasteiger partial charge in [-0.15, -0.1) is 5.10 Å². The summed E-state index contributed by atoms with van der Waals surface area (Å²) >= 11 is 0. The summed E-state index contributed by atoms with van der Waals surface area (Å²) in [5.74, 6) is -3.80. The van der Waals surface area contributed by atoms with Crippen molar-refractivity contribution in [2.75, 3.05) is 13.1 Å². The molecular formula is C37H49N9O8. The van der Waals surface area contributed by atoms with Crippen molar-refractivity contribution >= 4 is 46.3 Å². The maximum absolute atomic E-state index is 14.8. The minimum atomic E-state index is -1.36. The van der Waals surface area contributed by atoms with Gasteiger partial charge in [0, 0.05) is 42.9 Å². The van der Waals surface area contributed by atoms with Gasteiger partial charge in [0.1, 0.15) is 17.7 Å². The van der Waals surface area contributed by atoms with E-state index in [2.05, 4.69) is 31.2 Å². The Morgan fingerprint density at radius 3 is 2.46 bits per heavy atom. The van der Waals surface area contributed by atoms with Crippen LogP contribution < -0.4 is 21.7 Å². The Balaban J connectivity index is 1.45. The number of hydrogen-bond donors (Lipinski definition) is 6. The van der Waals surface area contributed by atoms with Gasteiger partial charge >= 0.3 is 6.09 Å². The van der Waals surface area contributed by atoms with Crippen molar-refractivity contribution in [2.24, 2.45) is 11.7 Å². The van der Waals surface area contributed by atoms with Crippen LogP contribution in [0.25, 0.3) is 10.8 Å². The van der Waals surface area contributed by atoms with Gasteiger partial charge in [-0.1, -0.05) is 49.5 Å². The first kappa shape index (κ1) is 39.8. The zero-order chi connectivity index (χ0) is 39.0. The lowest BCUT2D eigenvalue weighted by Gasteiger charge is -2.32. The summed E-state index contributed by atoms with van der Waals surface area (Å²) in [5, 5.41) is 37.2. The molecule has 5 amide bonds. The molecule has 1 saturated heterocycles. The molecule has 17 heteroatoms. The highest BCUT2D eigenvalue weighted by atomic mass is 16.4. The number of carboxylic acid groups (broad SMARTS) is 1. The van der Waals surface area contributed by atoms with Gasteiger partial charge in [0.15, 0.2) is 0 Å². The normalized spacial score (nSPS) is 18.8. The number of carbonyl (C=O) groups excluding carboxylic acids is 5. The number of nitrogens with two attached hydrogens (primary N) is 1. The monoisotopic (exact) mass is 747 g/mol. The van der Waals surface area contributed by atoms with Crippen LogP contribution >= 0.6 is 0 Å². The molecule has 0 spiro atoms. The largest absolute Gasteiger partial charge is 0.465 e. The van der Waals surface area contributed by atoms with E-state index in [1.54, 1.807) is 44.4 Å². The Bertz CT molecular complexity index is 1850. The number of aliphatic hydroxyl groups is 1. The molecular weight excluding hydrogens is 698 g/mol. The van der Waals surface area contributed by atoms with Crippen LogP contribution in [0.4, 0.5) is 4.79 Å². The first-order chi connectivity index (χ1) is 25.7. The number of Topliss-reactive ketones (excluding diaryl/α,β-unsaturated/α-hetero) is 1. The van der Waals surface area contributed by atoms with Crippen molar-refractivity contribution in [3.8, 4) is 0 Å². The molecule has 0 radical (unpaired) electrons. The summed E-state index contributed by atoms with van der Waals surface area (Å²) in [6.07, 6.45) is 9.26. The van der Waals surface area contributed by atoms with Crippen molar-refractivity contribution in [2.45, 2.75) is 108 Å². The molecule has 2 aliphatic rings. The second-order valence-electron chi connectivity index (χ2n) is 14.7. The number of primary amides is 1. The number of likely N-dealkylation sites (tertiary alicyclic amines) is 1. The maximum Gasteiger partial charge on any atom is 0.404 e. The Morgan fingerprint density at radius 1 is 1.00 bits per heavy atom. The van der Waals surface area contributed by atoms with Crippen LogP contribution in [0.2, 0.25) is 0 Å². The van der Waals surface area contributed by atoms with E-state index < -0.39 is 65.3 Å². The first-order valence-corrected chi connectivity index (χ1v) is 18.4. The van der Waals surface area contributed by atoms with E-state index in [1.807, 2.05) is 6.07 Å². The van der Waals surface area contributed by atoms with E-state index in [9.17, 15) is 33.9 Å². The molecule has 1 saturated carbocycles. The number of amides is 5. The third-order valence-corrected chi connectivity index (χ3v) is 10.3. The van der Waals surface area contributed by atoms with Crippen LogP contribution in [0.1, 0.15) is 100 Å². The lowest BCUT2D eigenvalue weighted by atomic mass is 9.84. The molecule has 2 fully saturated rings. The number of pyridine rings is 1. The van der Waals surface area contributed by atoms with E-state index >= 15 is 0 Å². The maximum atomic E-state index is 14.8. The van der Waals surface area contributed by atoms with Crippen LogP contribution in [0.3, 0.4) is 0 Å². The Hall–Kier alpha value is -5.45. The first-order valence-electron chi connectivity index (χ1n) is 18.4. The van der Waals surface area contributed by atoms with Crippen molar-refractivity contribution in [3.05, 3.63) is 54.1 Å². The van der Waals surface area contributed by atoms with Crippen LogP contribution in [-0.4, -0.2) is 102 Å². The van der Waals surface area contributed by atoms with Gasteiger partial charge in [0.05, 0.1) is 24.0 Å². The number of ketones is 1. The highest BCUT2D eigenvalue weighted by Gasteiger charge is 2.45. The fourth-order valence-corrected chi connectivity index (χ4v) is 7.55. The SMILES string of the molecule is CC(C)(O)c1cnnn1[C@H]1C[C@@H](C(=O)NC(CCCCNC(=O)O)C(=O)C(N)=O)N(C(=O)C(CC2CCCCC2)NC(=O)c2cccc3cnccc23)C1. The molecule has 1 aliphatic carbocycles. The van der Waals surface area contributed by atoms with Crippen molar-refractivity contribution in [1.82, 2.24) is 40.8 Å². The highest BCUT2D eigenvalue weighted by molar-refractivity contribution is 6.37. The molecule has 3 aromatic rings. The molecule has 3 heterocycles. The summed E-state index contributed by atoms with van der Waals surface area (Å²) < 4.78 is 1.48. The van der Waals surface area contributed by atoms with E-state index in [1.165, 1.54) is 15.8 Å². The average molecular weight is 748 g/mol. The summed E-state index contributed by atoms with van der Waals surface area (Å²) in [6, 6.07) is 2.86. The molecule has 5 rings (SSSR count). The number of hydrogen-bond acceptors (Lipinski definition) is 10. The lowest BCUT2D eigenvalue weighted by molar-refractivity contribution is -0.142. The Kier molecular flexibility index (Phi) is 12.9. The van der Waals surface area contributed by atoms with Gasteiger partial charge in [-0.3, -0.25) is 29.0 Å². The fraction of sp³-hybridized carbons (Fsp3) is 0.541. The van der Waals surface area contributed by atoms with Gasteiger partial charge < -0.3 is 36.8 Å². The predicted octanol–water partition coefficient (Wildman–Crippen LogP) is 1.94. The number of benzene rings is 1. The molecule has 17 nitrogen and oxygen atoms in total. The van der Waals surface area contributed by atoms with Gasteiger partial charge in [0.25, 0.3) is 11.8 Å². The number of rotatable bonds is 16. The fourth-order valence-electron chi connectivity index (χ4n) is 7.55. The summed E-state index contributed by atoms with van der Waals surface area (Å²) in [7, 11) is 0. The summed E-state index contributed by atoms with van der Waals surface area (Å²) in [5.41, 5.74) is 4.70. The number of unbranched alkanes of at least 4 members (excludes halogenated alkanes) is 1. The molecule has 7 N–H and O–H groups in total. The van der Waals surface area contributed by atoms with Gasteiger partial charge in [-0.05, 0) is 63.0 Å². The molecule has 1 aliphatic heterocycles. The molecule has 1 aromatic carbocycles. The topological polar surface area (TPSA) is 252 Å². The number of fused-ring (bicyclic) bond motifs is 1. The number of carbonyl (C=O) groups is 6. The van der Waals surface area contributed by atoms with Crippen LogP contribution in [0.5, 0.6) is 0 Å². The zero-order valence-electron chi connectivity index (χ0n) is 30.6. The standard InChI is InChI=1S/C37H49N9O8/c1-37(2,54)30-20-41-44-46(30)24-18-29(34(50)42-27(31(47)32(38)48)13-6-7-15-40-36(52)53)45(21-24)35(51)28(17-22-9-4-3-5-10-22)43-33(49)26-12-8-11-23-19-39-16-14-25(23)26/h8,11-12,14,16,19-20,22,24,27-29,40,54H,3-7,9-10,13,15,17-18,21H2,1-2H3,(H2,38,48)(H,42,50)(H,43,49)(H,52,53)/t24-,27?,28?,29-/m0/s1. The van der Waals surface area contributed by atoms with Crippen molar-refractivity contribution in [1.29, 1.82) is 0 Å². The van der Waals surface area contributed by atoms with Crippen molar-refractivity contribution in [3.63, 3.8) is 0 Å². The minimum absolute atomic E-state index is 0.00819. The van der Waals surface area contributed by atoms with Crippen LogP contribution in [-0.2, 0) is 24.8 Å². The van der Waals surface area contributed by atoms with E-state index in [0.717, 1.165) is 37.5 Å². The molecule has 2 unspecified atom stereocenters. The van der Waals surface area contributed by atoms with E-state index in [0.29, 0.717) is 29.5 Å². The lowest BCUT2D eigenvalue weighted by Crippen LogP contribution is -2.56. The van der Waals surface area contributed by atoms with Crippen molar-refractivity contribution < 1.29 is 39.0 Å². The summed E-state index contributed by atoms with van der Waals surface area (Å²) in [4.78, 5) is 84.2. The smallest absolute Gasteiger partial charge is 0.404 e. The molecule has 0 bridgehead atoms. The minimum Gasteiger partial charge on any atom is -0.465 e. The molecule has 290 valence electrons. The number of nitrogens with zero attached hydrogens (tertiary/aromatic N) is 5. The predicted molar refractivity (Wildman–Crippen MR) is 195 cm³/mol. The summed E-state index contributed by atoms with van der Waals surface area (Å²) in [6.45, 7) is 3.19. The zero-order valence-corrected chi connectivity index (χ0v) is 30.6. The van der Waals surface area contributed by atoms with Gasteiger partial charge in [-0.2, -0.15) is 0 Å². The number of aromatic nitrogens is 4. The third kappa shape index (κ3) is 9.75. The third-order valence-electron chi connectivity index (χ3n) is 10.3. The van der Waals surface area contributed by atoms with Gasteiger partial charge in [0.2, 0.25) is 17.6 Å². The average Bonchev–Trinajstić information content (AvgIpc) is 3.82. The molecule has 4 atom stereocenters. The van der Waals surface area contributed by atoms with Crippen LogP contribution in [0.15, 0.2) is 42.9 Å². The second kappa shape index (κ2) is 17.6. The van der Waals surface area contributed by atoms with E-state index in [4.69, 9.17) is 10.8 Å². The molecule has 54 heavy (non-hydrogen) atoms.